The van der Waals surface area contributed by atoms with Gasteiger partial charge in [0, 0.05) is 31.4 Å². The molecule has 33 heavy (non-hydrogen) atoms. The lowest BCUT2D eigenvalue weighted by molar-refractivity contribution is -0.246. The molecule has 1 N–H and O–H groups in total. The maximum atomic E-state index is 13.4. The number of anilines is 1. The summed E-state index contributed by atoms with van der Waals surface area (Å²) in [6.45, 7) is 0. The highest BCUT2D eigenvalue weighted by atomic mass is 35.5. The molecule has 9 heteroatoms. The summed E-state index contributed by atoms with van der Waals surface area (Å²) in [6.07, 6.45) is 6.81. The van der Waals surface area contributed by atoms with E-state index in [-0.39, 0.29) is 5.91 Å². The zero-order valence-corrected chi connectivity index (χ0v) is 19.9. The first-order valence-corrected chi connectivity index (χ1v) is 12.8. The number of carbonyl (C=O) groups is 1. The maximum Gasteiger partial charge on any atom is 0.256 e. The molecule has 3 aliphatic heterocycles. The van der Waals surface area contributed by atoms with E-state index in [4.69, 9.17) is 46.9 Å². The van der Waals surface area contributed by atoms with Crippen molar-refractivity contribution in [1.82, 2.24) is 0 Å². The molecule has 0 radical (unpaired) electrons. The average molecular weight is 498 g/mol. The zero-order chi connectivity index (χ0) is 22.6. The van der Waals surface area contributed by atoms with Crippen molar-refractivity contribution in [1.29, 1.82) is 0 Å². The molecule has 0 bridgehead atoms. The Kier molecular flexibility index (Phi) is 5.89. The van der Waals surface area contributed by atoms with Crippen LogP contribution in [-0.4, -0.2) is 48.2 Å². The fraction of sp³-hybridized carbons (Fsp3) is 0.708. The highest BCUT2D eigenvalue weighted by molar-refractivity contribution is 6.42. The van der Waals surface area contributed by atoms with Crippen LogP contribution in [-0.2, 0) is 28.5 Å². The molecule has 1 amide bonds. The van der Waals surface area contributed by atoms with Crippen LogP contribution in [0.15, 0.2) is 18.2 Å². The third-order valence-electron chi connectivity index (χ3n) is 7.55. The van der Waals surface area contributed by atoms with Crippen LogP contribution in [0.25, 0.3) is 0 Å². The molecular weight excluding hydrogens is 469 g/mol. The van der Waals surface area contributed by atoms with Crippen LogP contribution in [0.4, 0.5) is 5.69 Å². The molecule has 6 rings (SSSR count). The summed E-state index contributed by atoms with van der Waals surface area (Å²) in [5.41, 5.74) is 0.537. The molecule has 5 aliphatic rings. The van der Waals surface area contributed by atoms with Gasteiger partial charge in [0.2, 0.25) is 0 Å². The van der Waals surface area contributed by atoms with Crippen molar-refractivity contribution in [2.45, 2.75) is 106 Å². The molecule has 2 spiro atoms. The molecule has 5 atom stereocenters. The van der Waals surface area contributed by atoms with Crippen molar-refractivity contribution in [2.75, 3.05) is 5.32 Å². The fourth-order valence-electron chi connectivity index (χ4n) is 5.96. The lowest BCUT2D eigenvalue weighted by atomic mass is 9.94. The molecule has 1 aromatic carbocycles. The minimum Gasteiger partial charge on any atom is -0.341 e. The quantitative estimate of drug-likeness (QED) is 0.606. The Bertz CT molecular complexity index is 916. The van der Waals surface area contributed by atoms with Crippen LogP contribution in [0.1, 0.15) is 64.2 Å². The second kappa shape index (κ2) is 8.63. The molecule has 180 valence electrons. The van der Waals surface area contributed by atoms with Crippen LogP contribution in [0.2, 0.25) is 10.0 Å². The fourth-order valence-corrected chi connectivity index (χ4v) is 6.25. The van der Waals surface area contributed by atoms with Crippen molar-refractivity contribution in [3.63, 3.8) is 0 Å². The van der Waals surface area contributed by atoms with Gasteiger partial charge in [0.25, 0.3) is 5.91 Å². The predicted molar refractivity (Wildman–Crippen MR) is 121 cm³/mol. The molecule has 7 nitrogen and oxygen atoms in total. The number of amides is 1. The van der Waals surface area contributed by atoms with Gasteiger partial charge in [-0.3, -0.25) is 4.79 Å². The van der Waals surface area contributed by atoms with E-state index in [9.17, 15) is 4.79 Å². The van der Waals surface area contributed by atoms with Gasteiger partial charge < -0.3 is 29.0 Å². The highest BCUT2D eigenvalue weighted by Gasteiger charge is 2.65. The van der Waals surface area contributed by atoms with Crippen LogP contribution >= 0.6 is 23.2 Å². The van der Waals surface area contributed by atoms with Gasteiger partial charge in [-0.2, -0.15) is 0 Å². The van der Waals surface area contributed by atoms with Gasteiger partial charge in [-0.05, 0) is 43.9 Å². The Labute approximate surface area is 203 Å². The molecule has 2 saturated carbocycles. The Balaban J connectivity index is 1.27. The Morgan fingerprint density at radius 1 is 0.788 bits per heavy atom. The summed E-state index contributed by atoms with van der Waals surface area (Å²) < 4.78 is 32.2. The number of ether oxygens (including phenoxy) is 5. The average Bonchev–Trinajstić information content (AvgIpc) is 3.34. The van der Waals surface area contributed by atoms with Gasteiger partial charge in [-0.1, -0.05) is 36.0 Å². The first kappa shape index (κ1) is 22.5. The SMILES string of the molecule is O=C(Nc1ccc(Cl)c(Cl)c1)[C@@H]1O[C@@H]2OC3(CCCCC3)O[C@@H]2[C@@H]2OC3(CCCCC3)O[C@@H]21. The van der Waals surface area contributed by atoms with E-state index in [2.05, 4.69) is 5.32 Å². The highest BCUT2D eigenvalue weighted by Crippen LogP contribution is 2.51. The van der Waals surface area contributed by atoms with E-state index >= 15 is 0 Å². The van der Waals surface area contributed by atoms with E-state index in [1.165, 1.54) is 6.42 Å². The number of carbonyl (C=O) groups excluding carboxylic acids is 1. The molecule has 3 saturated heterocycles. The van der Waals surface area contributed by atoms with Gasteiger partial charge in [0.1, 0.15) is 18.3 Å². The Morgan fingerprint density at radius 3 is 2.06 bits per heavy atom. The summed E-state index contributed by atoms with van der Waals surface area (Å²) in [5.74, 6) is -1.66. The smallest absolute Gasteiger partial charge is 0.256 e. The predicted octanol–water partition coefficient (Wildman–Crippen LogP) is 5.18. The van der Waals surface area contributed by atoms with E-state index in [0.717, 1.165) is 57.8 Å². The van der Waals surface area contributed by atoms with E-state index in [1.807, 2.05) is 0 Å². The molecule has 5 fully saturated rings. The summed E-state index contributed by atoms with van der Waals surface area (Å²) in [4.78, 5) is 13.4. The van der Waals surface area contributed by atoms with Gasteiger partial charge >= 0.3 is 0 Å². The van der Waals surface area contributed by atoms with Crippen molar-refractivity contribution >= 4 is 34.8 Å². The number of fused-ring (bicyclic) bond motifs is 3. The first-order chi connectivity index (χ1) is 16.0. The van der Waals surface area contributed by atoms with Crippen LogP contribution in [0, 0.1) is 0 Å². The van der Waals surface area contributed by atoms with Crippen LogP contribution in [0.3, 0.4) is 0 Å². The van der Waals surface area contributed by atoms with Crippen molar-refractivity contribution < 1.29 is 28.5 Å². The monoisotopic (exact) mass is 497 g/mol. The van der Waals surface area contributed by atoms with Crippen molar-refractivity contribution in [3.8, 4) is 0 Å². The van der Waals surface area contributed by atoms with Crippen molar-refractivity contribution in [2.24, 2.45) is 0 Å². The largest absolute Gasteiger partial charge is 0.341 e. The number of halogens is 2. The lowest BCUT2D eigenvalue weighted by Crippen LogP contribution is -2.58. The minimum atomic E-state index is -0.894. The molecular formula is C24H29Cl2NO6. The second-order valence-corrected chi connectivity index (χ2v) is 10.7. The lowest BCUT2D eigenvalue weighted by Gasteiger charge is -2.36. The van der Waals surface area contributed by atoms with Gasteiger partial charge in [0.15, 0.2) is 24.0 Å². The molecule has 0 aromatic heterocycles. The number of hydrogen-bond donors (Lipinski definition) is 1. The Hall–Kier alpha value is -0.930. The Morgan fingerprint density at radius 2 is 1.39 bits per heavy atom. The standard InChI is InChI=1S/C24H29Cl2NO6/c25-15-8-7-14(13-16(15)26)27-21(28)19-17-18(31-23(30-17)9-3-1-4-10-23)20-22(29-19)33-24(32-20)11-5-2-6-12-24/h7-8,13,17-20,22H,1-6,9-12H2,(H,27,28)/t17-,18+,19+,20+,22+/m0/s1. The third-order valence-corrected chi connectivity index (χ3v) is 8.29. The van der Waals surface area contributed by atoms with E-state index in [1.54, 1.807) is 18.2 Å². The number of hydrogen-bond acceptors (Lipinski definition) is 6. The topological polar surface area (TPSA) is 75.3 Å². The number of rotatable bonds is 2. The maximum absolute atomic E-state index is 13.4. The second-order valence-electron chi connectivity index (χ2n) is 9.85. The van der Waals surface area contributed by atoms with Crippen molar-refractivity contribution in [3.05, 3.63) is 28.2 Å². The minimum absolute atomic E-state index is 0.327. The van der Waals surface area contributed by atoms with Crippen LogP contribution < -0.4 is 5.32 Å². The van der Waals surface area contributed by atoms with Gasteiger partial charge in [-0.25, -0.2) is 0 Å². The molecule has 0 unspecified atom stereocenters. The first-order valence-electron chi connectivity index (χ1n) is 12.1. The summed E-state index contributed by atoms with van der Waals surface area (Å²) in [7, 11) is 0. The normalized spacial score (nSPS) is 36.5. The summed E-state index contributed by atoms with van der Waals surface area (Å²) in [6, 6.07) is 4.97. The third kappa shape index (κ3) is 4.10. The van der Waals surface area contributed by atoms with E-state index in [0.29, 0.717) is 15.7 Å². The molecule has 2 aliphatic carbocycles. The number of nitrogens with one attached hydrogen (secondary N) is 1. The summed E-state index contributed by atoms with van der Waals surface area (Å²) >= 11 is 12.1. The van der Waals surface area contributed by atoms with Crippen LogP contribution in [0.5, 0.6) is 0 Å². The van der Waals surface area contributed by atoms with Gasteiger partial charge in [-0.15, -0.1) is 0 Å². The zero-order valence-electron chi connectivity index (χ0n) is 18.4. The van der Waals surface area contributed by atoms with Gasteiger partial charge in [0.05, 0.1) is 10.0 Å². The molecule has 1 aromatic rings. The number of benzene rings is 1. The van der Waals surface area contributed by atoms with E-state index < -0.39 is 42.3 Å². The summed E-state index contributed by atoms with van der Waals surface area (Å²) in [5, 5.41) is 3.69. The molecule has 3 heterocycles.